The molecule has 4 atom stereocenters. The average molecular weight is 505 g/mol. The lowest BCUT2D eigenvalue weighted by Gasteiger charge is -2.39. The Morgan fingerprint density at radius 3 is 1.69 bits per heavy atom. The largest absolute Gasteiger partial charge is 0.481 e. The van der Waals surface area contributed by atoms with Crippen LogP contribution in [0.5, 0.6) is 0 Å². The topological polar surface area (TPSA) is 74.6 Å². The van der Waals surface area contributed by atoms with Crippen molar-refractivity contribution in [1.82, 2.24) is 0 Å². The number of aliphatic carboxylic acids is 2. The van der Waals surface area contributed by atoms with Gasteiger partial charge in [-0.1, -0.05) is 109 Å². The fourth-order valence-corrected chi connectivity index (χ4v) is 5.98. The highest BCUT2D eigenvalue weighted by atomic mass is 16.4. The van der Waals surface area contributed by atoms with Crippen LogP contribution in [-0.2, 0) is 9.59 Å². The van der Waals surface area contributed by atoms with Crippen LogP contribution in [0.2, 0.25) is 0 Å². The van der Waals surface area contributed by atoms with E-state index in [1.54, 1.807) is 0 Å². The fraction of sp³-hybridized carbons (Fsp3) is 0.812. The summed E-state index contributed by atoms with van der Waals surface area (Å²) < 4.78 is 0. The van der Waals surface area contributed by atoms with E-state index in [1.807, 2.05) is 0 Å². The van der Waals surface area contributed by atoms with Crippen LogP contribution in [0.3, 0.4) is 0 Å². The van der Waals surface area contributed by atoms with E-state index < -0.39 is 11.9 Å². The second-order valence-corrected chi connectivity index (χ2v) is 11.1. The highest BCUT2D eigenvalue weighted by Crippen LogP contribution is 2.42. The molecule has 1 aliphatic rings. The SMILES string of the molecule is CCCC1C=CC(CCCCCCCCC(=O)O)C(C=CCCCCCCCCC(=O)O)C1CCC. The van der Waals surface area contributed by atoms with E-state index in [0.29, 0.717) is 24.7 Å². The summed E-state index contributed by atoms with van der Waals surface area (Å²) >= 11 is 0. The number of carbonyl (C=O) groups is 2. The Hall–Kier alpha value is -1.58. The number of allylic oxidation sites excluding steroid dienone is 4. The van der Waals surface area contributed by atoms with Crippen LogP contribution in [0.1, 0.15) is 142 Å². The van der Waals surface area contributed by atoms with Gasteiger partial charge in [-0.25, -0.2) is 0 Å². The Balaban J connectivity index is 2.48. The molecule has 1 rings (SSSR count). The second-order valence-electron chi connectivity index (χ2n) is 11.1. The third kappa shape index (κ3) is 15.5. The summed E-state index contributed by atoms with van der Waals surface area (Å²) in [6, 6.07) is 0. The Bertz CT molecular complexity index is 624. The first-order valence-electron chi connectivity index (χ1n) is 15.3. The number of carboxylic acids is 2. The van der Waals surface area contributed by atoms with Crippen molar-refractivity contribution in [2.45, 2.75) is 142 Å². The molecule has 0 fully saturated rings. The second kappa shape index (κ2) is 21.5. The van der Waals surface area contributed by atoms with Crippen molar-refractivity contribution in [3.05, 3.63) is 24.3 Å². The summed E-state index contributed by atoms with van der Waals surface area (Å²) in [5.41, 5.74) is 0. The van der Waals surface area contributed by atoms with Crippen molar-refractivity contribution in [2.24, 2.45) is 23.7 Å². The van der Waals surface area contributed by atoms with Crippen LogP contribution >= 0.6 is 0 Å². The minimum absolute atomic E-state index is 0.310. The van der Waals surface area contributed by atoms with Crippen LogP contribution in [0, 0.1) is 23.7 Å². The molecule has 2 N–H and O–H groups in total. The van der Waals surface area contributed by atoms with Gasteiger partial charge in [-0.15, -0.1) is 0 Å². The molecule has 0 heterocycles. The number of hydrogen-bond donors (Lipinski definition) is 2. The summed E-state index contributed by atoms with van der Waals surface area (Å²) in [6.45, 7) is 4.64. The third-order valence-electron chi connectivity index (χ3n) is 7.94. The van der Waals surface area contributed by atoms with Crippen LogP contribution in [0.4, 0.5) is 0 Å². The molecule has 4 unspecified atom stereocenters. The minimum Gasteiger partial charge on any atom is -0.481 e. The monoisotopic (exact) mass is 504 g/mol. The highest BCUT2D eigenvalue weighted by molar-refractivity contribution is 5.66. The summed E-state index contributed by atoms with van der Waals surface area (Å²) in [4.78, 5) is 21.2. The first kappa shape index (κ1) is 32.4. The molecule has 0 spiro atoms. The van der Waals surface area contributed by atoms with Gasteiger partial charge in [-0.3, -0.25) is 9.59 Å². The molecular formula is C32H56O4. The normalized spacial score (nSPS) is 21.8. The van der Waals surface area contributed by atoms with Gasteiger partial charge < -0.3 is 10.2 Å². The maximum atomic E-state index is 10.6. The summed E-state index contributed by atoms with van der Waals surface area (Å²) in [6.07, 6.45) is 31.8. The Morgan fingerprint density at radius 2 is 1.14 bits per heavy atom. The highest BCUT2D eigenvalue weighted by Gasteiger charge is 2.33. The van der Waals surface area contributed by atoms with Crippen LogP contribution < -0.4 is 0 Å². The molecule has 0 aromatic carbocycles. The molecule has 0 aliphatic heterocycles. The molecule has 208 valence electrons. The van der Waals surface area contributed by atoms with Gasteiger partial charge in [0.15, 0.2) is 0 Å². The molecule has 0 bridgehead atoms. The number of unbranched alkanes of at least 4 members (excludes halogenated alkanes) is 11. The Morgan fingerprint density at radius 1 is 0.639 bits per heavy atom. The molecule has 0 saturated carbocycles. The van der Waals surface area contributed by atoms with Crippen molar-refractivity contribution in [3.8, 4) is 0 Å². The Labute approximate surface area is 222 Å². The van der Waals surface area contributed by atoms with E-state index in [4.69, 9.17) is 10.2 Å². The first-order chi connectivity index (χ1) is 17.5. The van der Waals surface area contributed by atoms with Crippen molar-refractivity contribution in [1.29, 1.82) is 0 Å². The van der Waals surface area contributed by atoms with Gasteiger partial charge in [0.25, 0.3) is 0 Å². The fourth-order valence-electron chi connectivity index (χ4n) is 5.98. The molecule has 0 saturated heterocycles. The number of carboxylic acid groups (broad SMARTS) is 2. The Kier molecular flexibility index (Phi) is 19.4. The number of rotatable bonds is 23. The molecule has 0 radical (unpaired) electrons. The summed E-state index contributed by atoms with van der Waals surface area (Å²) in [7, 11) is 0. The van der Waals surface area contributed by atoms with E-state index in [-0.39, 0.29) is 0 Å². The molecule has 0 aromatic rings. The van der Waals surface area contributed by atoms with Crippen molar-refractivity contribution >= 4 is 11.9 Å². The smallest absolute Gasteiger partial charge is 0.303 e. The average Bonchev–Trinajstić information content (AvgIpc) is 2.84. The van der Waals surface area contributed by atoms with Gasteiger partial charge in [0.2, 0.25) is 0 Å². The zero-order chi connectivity index (χ0) is 26.4. The van der Waals surface area contributed by atoms with E-state index in [0.717, 1.165) is 56.8 Å². The summed E-state index contributed by atoms with van der Waals surface area (Å²) in [5.74, 6) is 1.47. The zero-order valence-corrected chi connectivity index (χ0v) is 23.5. The van der Waals surface area contributed by atoms with Crippen LogP contribution in [-0.4, -0.2) is 22.2 Å². The first-order valence-corrected chi connectivity index (χ1v) is 15.3. The van der Waals surface area contributed by atoms with Crippen molar-refractivity contribution < 1.29 is 19.8 Å². The quantitative estimate of drug-likeness (QED) is 0.107. The zero-order valence-electron chi connectivity index (χ0n) is 23.5. The molecule has 4 heteroatoms. The van der Waals surface area contributed by atoms with Gasteiger partial charge in [-0.05, 0) is 68.6 Å². The van der Waals surface area contributed by atoms with Gasteiger partial charge in [-0.2, -0.15) is 0 Å². The van der Waals surface area contributed by atoms with Gasteiger partial charge in [0.05, 0.1) is 0 Å². The summed E-state index contributed by atoms with van der Waals surface area (Å²) in [5, 5.41) is 17.5. The molecule has 4 nitrogen and oxygen atoms in total. The predicted octanol–water partition coefficient (Wildman–Crippen LogP) is 9.59. The van der Waals surface area contributed by atoms with Crippen molar-refractivity contribution in [2.75, 3.05) is 0 Å². The van der Waals surface area contributed by atoms with E-state index >= 15 is 0 Å². The van der Waals surface area contributed by atoms with Gasteiger partial charge >= 0.3 is 11.9 Å². The lowest BCUT2D eigenvalue weighted by Crippen LogP contribution is -2.30. The molecule has 0 aromatic heterocycles. The van der Waals surface area contributed by atoms with Gasteiger partial charge in [0, 0.05) is 12.8 Å². The van der Waals surface area contributed by atoms with E-state index in [9.17, 15) is 9.59 Å². The molecular weight excluding hydrogens is 448 g/mol. The standard InChI is InChI=1S/C32H56O4/c1-3-19-27-25-26-28(21-15-11-9-10-14-18-24-32(35)36)30(29(27)20-4-2)22-16-12-7-5-6-8-13-17-23-31(33)34/h16,22,25-30H,3-15,17-21,23-24H2,1-2H3,(H,33,34)(H,35,36). The van der Waals surface area contributed by atoms with Crippen molar-refractivity contribution in [3.63, 3.8) is 0 Å². The molecule has 0 amide bonds. The minimum atomic E-state index is -0.675. The predicted molar refractivity (Wildman–Crippen MR) is 151 cm³/mol. The molecule has 36 heavy (non-hydrogen) atoms. The lowest BCUT2D eigenvalue weighted by molar-refractivity contribution is -0.138. The van der Waals surface area contributed by atoms with Crippen LogP contribution in [0.25, 0.3) is 0 Å². The van der Waals surface area contributed by atoms with E-state index in [1.165, 1.54) is 70.6 Å². The molecule has 1 aliphatic carbocycles. The number of hydrogen-bond acceptors (Lipinski definition) is 2. The van der Waals surface area contributed by atoms with Crippen LogP contribution in [0.15, 0.2) is 24.3 Å². The van der Waals surface area contributed by atoms with Gasteiger partial charge in [0.1, 0.15) is 0 Å². The lowest BCUT2D eigenvalue weighted by atomic mass is 9.66. The maximum Gasteiger partial charge on any atom is 0.303 e. The third-order valence-corrected chi connectivity index (χ3v) is 7.94. The maximum absolute atomic E-state index is 10.6. The van der Waals surface area contributed by atoms with E-state index in [2.05, 4.69) is 38.2 Å².